The highest BCUT2D eigenvalue weighted by atomic mass is 35.5. The van der Waals surface area contributed by atoms with Crippen molar-refractivity contribution in [3.63, 3.8) is 0 Å². The maximum absolute atomic E-state index is 13.7. The predicted molar refractivity (Wildman–Crippen MR) is 136 cm³/mol. The number of unbranched alkanes of at least 4 members (excludes halogenated alkanes) is 1. The molecule has 0 unspecified atom stereocenters. The highest BCUT2D eigenvalue weighted by Gasteiger charge is 2.32. The Morgan fingerprint density at radius 2 is 2.14 bits per heavy atom. The van der Waals surface area contributed by atoms with E-state index in [0.29, 0.717) is 66.2 Å². The number of ether oxygens (including phenoxy) is 1. The van der Waals surface area contributed by atoms with E-state index in [0.717, 1.165) is 24.1 Å². The first-order chi connectivity index (χ1) is 17.4. The smallest absolute Gasteiger partial charge is 0.308 e. The molecule has 188 valence electrons. The number of carboxylic acids is 1. The van der Waals surface area contributed by atoms with Gasteiger partial charge in [0.15, 0.2) is 0 Å². The molecular weight excluding hydrogens is 480 g/mol. The van der Waals surface area contributed by atoms with Crippen LogP contribution in [0.4, 0.5) is 0 Å². The number of likely N-dealkylation sites (tertiary alicyclic amines) is 1. The number of pyridine rings is 1. The Labute approximate surface area is 215 Å². The Bertz CT molecular complexity index is 1310. The van der Waals surface area contributed by atoms with E-state index in [4.69, 9.17) is 16.3 Å². The number of hydrogen-bond acceptors (Lipinski definition) is 5. The second kappa shape index (κ2) is 11.5. The maximum Gasteiger partial charge on any atom is 0.308 e. The summed E-state index contributed by atoms with van der Waals surface area (Å²) >= 11 is 6.02. The fourth-order valence-electron chi connectivity index (χ4n) is 4.79. The number of carbonyl (C=O) groups excluding carboxylic acids is 1. The van der Waals surface area contributed by atoms with Gasteiger partial charge in [-0.25, -0.2) is 4.98 Å². The minimum atomic E-state index is -0.878. The lowest BCUT2D eigenvalue weighted by molar-refractivity contribution is -0.143. The molecule has 3 heterocycles. The number of aromatic nitrogens is 2. The third-order valence-corrected chi connectivity index (χ3v) is 6.89. The van der Waals surface area contributed by atoms with E-state index in [-0.39, 0.29) is 12.5 Å². The number of fused-ring (bicyclic) bond motifs is 1. The number of amides is 1. The number of rotatable bonds is 9. The van der Waals surface area contributed by atoms with Gasteiger partial charge in [0, 0.05) is 49.0 Å². The molecule has 1 atom stereocenters. The second-order valence-corrected chi connectivity index (χ2v) is 9.59. The highest BCUT2D eigenvalue weighted by Crippen LogP contribution is 2.29. The summed E-state index contributed by atoms with van der Waals surface area (Å²) in [4.78, 5) is 31.3. The van der Waals surface area contributed by atoms with E-state index in [1.165, 1.54) is 6.20 Å². The van der Waals surface area contributed by atoms with Crippen molar-refractivity contribution in [1.82, 2.24) is 14.5 Å². The van der Waals surface area contributed by atoms with E-state index >= 15 is 0 Å². The van der Waals surface area contributed by atoms with Crippen molar-refractivity contribution in [3.8, 4) is 6.07 Å². The minimum absolute atomic E-state index is 0.187. The summed E-state index contributed by atoms with van der Waals surface area (Å²) in [6.07, 6.45) is 4.95. The number of halogens is 1. The van der Waals surface area contributed by atoms with Crippen LogP contribution in [-0.4, -0.2) is 51.1 Å². The van der Waals surface area contributed by atoms with E-state index in [9.17, 15) is 20.0 Å². The number of aryl methyl sites for hydroxylation is 1. The number of piperidine rings is 1. The van der Waals surface area contributed by atoms with Gasteiger partial charge < -0.3 is 19.3 Å². The summed E-state index contributed by atoms with van der Waals surface area (Å²) in [6, 6.07) is 11.4. The molecule has 1 aliphatic rings. The first-order valence-corrected chi connectivity index (χ1v) is 12.5. The van der Waals surface area contributed by atoms with Gasteiger partial charge in [-0.3, -0.25) is 9.59 Å². The fraction of sp³-hybridized carbons (Fsp3) is 0.407. The van der Waals surface area contributed by atoms with Crippen molar-refractivity contribution in [2.75, 3.05) is 19.7 Å². The molecule has 1 aliphatic heterocycles. The van der Waals surface area contributed by atoms with Gasteiger partial charge in [-0.05, 0) is 55.9 Å². The van der Waals surface area contributed by atoms with E-state index in [1.807, 2.05) is 35.9 Å². The molecule has 0 bridgehead atoms. The Hall–Kier alpha value is -3.41. The third kappa shape index (κ3) is 5.69. The van der Waals surface area contributed by atoms with Crippen LogP contribution in [0.25, 0.3) is 11.0 Å². The van der Waals surface area contributed by atoms with Gasteiger partial charge in [-0.15, -0.1) is 0 Å². The molecule has 1 aromatic carbocycles. The molecule has 0 aliphatic carbocycles. The molecule has 8 nitrogen and oxygen atoms in total. The molecule has 1 fully saturated rings. The number of carbonyl (C=O) groups is 2. The topological polar surface area (TPSA) is 108 Å². The fourth-order valence-corrected chi connectivity index (χ4v) is 5.00. The first kappa shape index (κ1) is 25.7. The van der Waals surface area contributed by atoms with Gasteiger partial charge in [0.25, 0.3) is 5.91 Å². The van der Waals surface area contributed by atoms with Gasteiger partial charge in [0.2, 0.25) is 0 Å². The van der Waals surface area contributed by atoms with Gasteiger partial charge in [0.05, 0.1) is 23.7 Å². The lowest BCUT2D eigenvalue weighted by Crippen LogP contribution is -2.42. The van der Waals surface area contributed by atoms with Crippen molar-refractivity contribution < 1.29 is 19.4 Å². The number of aliphatic carboxylic acids is 1. The summed E-state index contributed by atoms with van der Waals surface area (Å²) in [5.74, 6) is -1.64. The number of nitriles is 1. The Morgan fingerprint density at radius 1 is 1.31 bits per heavy atom. The molecule has 1 amide bonds. The van der Waals surface area contributed by atoms with Crippen LogP contribution in [0.1, 0.15) is 52.9 Å². The molecule has 3 aromatic rings. The summed E-state index contributed by atoms with van der Waals surface area (Å²) in [5, 5.41) is 20.2. The number of nitrogens with zero attached hydrogens (tertiary/aromatic N) is 4. The molecule has 9 heteroatoms. The lowest BCUT2D eigenvalue weighted by Gasteiger charge is -2.31. The summed E-state index contributed by atoms with van der Waals surface area (Å²) in [6.45, 7) is 1.76. The zero-order valence-corrected chi connectivity index (χ0v) is 21.0. The van der Waals surface area contributed by atoms with Crippen LogP contribution >= 0.6 is 11.6 Å². The molecule has 0 spiro atoms. The number of carboxylic acid groups (broad SMARTS) is 1. The zero-order valence-electron chi connectivity index (χ0n) is 20.2. The van der Waals surface area contributed by atoms with Crippen LogP contribution in [0.5, 0.6) is 0 Å². The largest absolute Gasteiger partial charge is 0.481 e. The highest BCUT2D eigenvalue weighted by molar-refractivity contribution is 6.30. The molecule has 1 N–H and O–H groups in total. The molecule has 4 rings (SSSR count). The maximum atomic E-state index is 13.7. The van der Waals surface area contributed by atoms with Crippen LogP contribution < -0.4 is 0 Å². The van der Waals surface area contributed by atoms with Gasteiger partial charge in [0.1, 0.15) is 11.7 Å². The van der Waals surface area contributed by atoms with Crippen LogP contribution in [-0.2, 0) is 29.6 Å². The summed E-state index contributed by atoms with van der Waals surface area (Å²) in [7, 11) is 1.87. The Morgan fingerprint density at radius 3 is 2.89 bits per heavy atom. The molecular formula is C27H29ClN4O4. The van der Waals surface area contributed by atoms with E-state index < -0.39 is 11.9 Å². The molecule has 1 saturated heterocycles. The molecule has 0 radical (unpaired) electrons. The van der Waals surface area contributed by atoms with Gasteiger partial charge in [-0.1, -0.05) is 23.7 Å². The van der Waals surface area contributed by atoms with Crippen LogP contribution in [0.2, 0.25) is 5.02 Å². The first-order valence-electron chi connectivity index (χ1n) is 12.1. The quantitative estimate of drug-likeness (QED) is 0.424. The SMILES string of the molecule is Cn1c(CCCCOCc2cccc(Cl)c2)c(C(=O)N2CCC[C@H](C(=O)O)C2)c2cc(C#N)cnc21. The van der Waals surface area contributed by atoms with Crippen LogP contribution in [0, 0.1) is 17.2 Å². The van der Waals surface area contributed by atoms with Gasteiger partial charge in [-0.2, -0.15) is 5.26 Å². The normalized spacial score (nSPS) is 15.7. The minimum Gasteiger partial charge on any atom is -0.481 e. The van der Waals surface area contributed by atoms with Crippen LogP contribution in [0.15, 0.2) is 36.5 Å². The van der Waals surface area contributed by atoms with E-state index in [2.05, 4.69) is 11.1 Å². The number of hydrogen-bond donors (Lipinski definition) is 1. The molecule has 2 aromatic heterocycles. The summed E-state index contributed by atoms with van der Waals surface area (Å²) in [5.41, 5.74) is 3.39. The van der Waals surface area contributed by atoms with Crippen molar-refractivity contribution in [1.29, 1.82) is 5.26 Å². The zero-order chi connectivity index (χ0) is 25.7. The number of benzene rings is 1. The average molecular weight is 509 g/mol. The standard InChI is InChI=1S/C27H29ClN4O4/c1-31-23(9-2-3-11-36-17-18-6-4-8-21(28)12-18)24(22-13-19(14-29)15-30-25(22)31)26(33)32-10-5-7-20(16-32)27(34)35/h4,6,8,12-13,15,20H,2-3,5,7,9-11,16-17H2,1H3,(H,34,35)/t20-/m0/s1. The molecule has 0 saturated carbocycles. The summed E-state index contributed by atoms with van der Waals surface area (Å²) < 4.78 is 7.71. The Balaban J connectivity index is 1.50. The molecule has 36 heavy (non-hydrogen) atoms. The lowest BCUT2D eigenvalue weighted by atomic mass is 9.97. The van der Waals surface area contributed by atoms with E-state index in [1.54, 1.807) is 11.0 Å². The van der Waals surface area contributed by atoms with Crippen molar-refractivity contribution >= 4 is 34.5 Å². The second-order valence-electron chi connectivity index (χ2n) is 9.16. The predicted octanol–water partition coefficient (Wildman–Crippen LogP) is 4.57. The Kier molecular flexibility index (Phi) is 8.24. The third-order valence-electron chi connectivity index (χ3n) is 6.66. The average Bonchev–Trinajstić information content (AvgIpc) is 3.16. The van der Waals surface area contributed by atoms with Gasteiger partial charge >= 0.3 is 5.97 Å². The van der Waals surface area contributed by atoms with Crippen molar-refractivity contribution in [3.05, 3.63) is 63.9 Å². The van der Waals surface area contributed by atoms with Crippen LogP contribution in [0.3, 0.4) is 0 Å². The van der Waals surface area contributed by atoms with Crippen molar-refractivity contribution in [2.45, 2.75) is 38.7 Å². The monoisotopic (exact) mass is 508 g/mol. The van der Waals surface area contributed by atoms with Crippen molar-refractivity contribution in [2.24, 2.45) is 13.0 Å².